The summed E-state index contributed by atoms with van der Waals surface area (Å²) >= 11 is 0. The van der Waals surface area contributed by atoms with Crippen LogP contribution in [-0.2, 0) is 16.4 Å². The van der Waals surface area contributed by atoms with E-state index in [2.05, 4.69) is 15.0 Å². The van der Waals surface area contributed by atoms with Crippen LogP contribution < -0.4 is 10.0 Å². The van der Waals surface area contributed by atoms with Crippen LogP contribution in [0.4, 0.5) is 21.6 Å². The van der Waals surface area contributed by atoms with Gasteiger partial charge in [-0.15, -0.1) is 0 Å². The Balaban J connectivity index is 1.70. The van der Waals surface area contributed by atoms with Gasteiger partial charge in [0.2, 0.25) is 0 Å². The van der Waals surface area contributed by atoms with Gasteiger partial charge in [0.05, 0.1) is 16.8 Å². The van der Waals surface area contributed by atoms with Crippen molar-refractivity contribution in [2.45, 2.75) is 18.2 Å². The number of nitrogens with zero attached hydrogens (tertiary/aromatic N) is 1. The number of hydrogen-bond donors (Lipinski definition) is 2. The highest BCUT2D eigenvalue weighted by molar-refractivity contribution is 7.92. The molecule has 1 heterocycles. The molecule has 5 nitrogen and oxygen atoms in total. The molecule has 134 valence electrons. The number of aromatic nitrogens is 1. The second kappa shape index (κ2) is 7.53. The monoisotopic (exact) mass is 371 g/mol. The van der Waals surface area contributed by atoms with Gasteiger partial charge >= 0.3 is 0 Å². The fourth-order valence-corrected chi connectivity index (χ4v) is 3.37. The first kappa shape index (κ1) is 17.9. The highest BCUT2D eigenvalue weighted by Gasteiger charge is 2.14. The number of benzene rings is 2. The topological polar surface area (TPSA) is 71.1 Å². The van der Waals surface area contributed by atoms with E-state index in [1.807, 2.05) is 6.92 Å². The zero-order valence-corrected chi connectivity index (χ0v) is 14.9. The molecule has 0 radical (unpaired) electrons. The minimum Gasteiger partial charge on any atom is -0.340 e. The van der Waals surface area contributed by atoms with Crippen molar-refractivity contribution >= 4 is 27.2 Å². The van der Waals surface area contributed by atoms with Crippen LogP contribution in [0.5, 0.6) is 0 Å². The van der Waals surface area contributed by atoms with E-state index in [0.29, 0.717) is 17.2 Å². The van der Waals surface area contributed by atoms with Crippen LogP contribution in [0, 0.1) is 5.82 Å². The first-order valence-electron chi connectivity index (χ1n) is 8.07. The number of pyridine rings is 1. The van der Waals surface area contributed by atoms with E-state index >= 15 is 0 Å². The van der Waals surface area contributed by atoms with E-state index in [0.717, 1.165) is 12.0 Å². The van der Waals surface area contributed by atoms with Gasteiger partial charge in [-0.1, -0.05) is 19.1 Å². The molecule has 0 atom stereocenters. The highest BCUT2D eigenvalue weighted by Crippen LogP contribution is 2.19. The number of nitrogens with one attached hydrogen (secondary N) is 2. The molecule has 0 unspecified atom stereocenters. The number of anilines is 3. The van der Waals surface area contributed by atoms with Crippen LogP contribution in [0.15, 0.2) is 71.8 Å². The summed E-state index contributed by atoms with van der Waals surface area (Å²) in [6.45, 7) is 2.01. The van der Waals surface area contributed by atoms with Crippen LogP contribution in [0.2, 0.25) is 0 Å². The number of rotatable bonds is 6. The summed E-state index contributed by atoms with van der Waals surface area (Å²) in [5, 5.41) is 3.01. The lowest BCUT2D eigenvalue weighted by Gasteiger charge is -2.10. The fraction of sp³-hybridized carbons (Fsp3) is 0.105. The van der Waals surface area contributed by atoms with Crippen LogP contribution in [0.3, 0.4) is 0 Å². The normalized spacial score (nSPS) is 11.2. The summed E-state index contributed by atoms with van der Waals surface area (Å²) < 4.78 is 40.3. The molecular formula is C19H18FN3O2S. The number of aryl methyl sites for hydroxylation is 1. The lowest BCUT2D eigenvalue weighted by atomic mass is 10.2. The largest absolute Gasteiger partial charge is 0.340 e. The second-order valence-electron chi connectivity index (χ2n) is 5.67. The van der Waals surface area contributed by atoms with Crippen LogP contribution in [0.1, 0.15) is 12.5 Å². The number of sulfonamides is 1. The Morgan fingerprint density at radius 3 is 2.15 bits per heavy atom. The lowest BCUT2D eigenvalue weighted by molar-refractivity contribution is 0.601. The summed E-state index contributed by atoms with van der Waals surface area (Å²) in [4.78, 5) is 4.37. The predicted octanol–water partition coefficient (Wildman–Crippen LogP) is 4.33. The maximum absolute atomic E-state index is 12.9. The van der Waals surface area contributed by atoms with Gasteiger partial charge in [0.15, 0.2) is 0 Å². The molecule has 0 saturated carbocycles. The smallest absolute Gasteiger partial charge is 0.261 e. The van der Waals surface area contributed by atoms with Gasteiger partial charge in [0.1, 0.15) is 11.6 Å². The molecule has 0 fully saturated rings. The van der Waals surface area contributed by atoms with Crippen molar-refractivity contribution in [3.63, 3.8) is 0 Å². The minimum atomic E-state index is -3.67. The fourth-order valence-electron chi connectivity index (χ4n) is 2.33. The molecule has 2 N–H and O–H groups in total. The van der Waals surface area contributed by atoms with Crippen LogP contribution in [-0.4, -0.2) is 13.4 Å². The van der Waals surface area contributed by atoms with Crippen molar-refractivity contribution in [3.05, 3.63) is 78.2 Å². The average molecular weight is 371 g/mol. The third-order valence-electron chi connectivity index (χ3n) is 3.77. The van der Waals surface area contributed by atoms with E-state index in [1.54, 1.807) is 48.5 Å². The lowest BCUT2D eigenvalue weighted by Crippen LogP contribution is -2.13. The predicted molar refractivity (Wildman–Crippen MR) is 101 cm³/mol. The van der Waals surface area contributed by atoms with E-state index in [9.17, 15) is 12.8 Å². The molecule has 3 rings (SSSR count). The maximum atomic E-state index is 12.9. The molecule has 3 aromatic rings. The Bertz CT molecular complexity index is 971. The van der Waals surface area contributed by atoms with Gasteiger partial charge in [0, 0.05) is 5.69 Å². The van der Waals surface area contributed by atoms with Crippen LogP contribution in [0.25, 0.3) is 0 Å². The van der Waals surface area contributed by atoms with Gasteiger partial charge in [-0.05, 0) is 60.5 Å². The molecule has 0 saturated heterocycles. The standard InChI is InChI=1S/C19H18FN3O2S/c1-2-14-3-10-18(11-4-14)26(24,25)23-17-9-12-19(21-13-17)22-16-7-5-15(20)6-8-16/h3-13,23H,2H2,1H3,(H,21,22). The average Bonchev–Trinajstić information content (AvgIpc) is 2.65. The van der Waals surface area contributed by atoms with Crippen molar-refractivity contribution in [2.24, 2.45) is 0 Å². The Kier molecular flexibility index (Phi) is 5.18. The van der Waals surface area contributed by atoms with Crippen molar-refractivity contribution in [1.29, 1.82) is 0 Å². The van der Waals surface area contributed by atoms with Crippen LogP contribution >= 0.6 is 0 Å². The first-order chi connectivity index (χ1) is 12.5. The third-order valence-corrected chi connectivity index (χ3v) is 5.17. The minimum absolute atomic E-state index is 0.197. The third kappa shape index (κ3) is 4.37. The molecule has 0 aliphatic rings. The van der Waals surface area contributed by atoms with Gasteiger partial charge in [-0.2, -0.15) is 0 Å². The molecule has 0 aliphatic heterocycles. The summed E-state index contributed by atoms with van der Waals surface area (Å²) in [6, 6.07) is 15.9. The quantitative estimate of drug-likeness (QED) is 0.677. The Labute approximate surface area is 152 Å². The molecular weight excluding hydrogens is 353 g/mol. The van der Waals surface area contributed by atoms with Crippen molar-refractivity contribution in [2.75, 3.05) is 10.0 Å². The molecule has 2 aromatic carbocycles. The Morgan fingerprint density at radius 2 is 1.58 bits per heavy atom. The molecule has 26 heavy (non-hydrogen) atoms. The molecule has 0 bridgehead atoms. The summed E-state index contributed by atoms with van der Waals surface area (Å²) in [7, 11) is -3.67. The summed E-state index contributed by atoms with van der Waals surface area (Å²) in [5.74, 6) is 0.201. The van der Waals surface area contributed by atoms with Gasteiger partial charge < -0.3 is 5.32 Å². The van der Waals surface area contributed by atoms with Crippen molar-refractivity contribution in [3.8, 4) is 0 Å². The SMILES string of the molecule is CCc1ccc(S(=O)(=O)Nc2ccc(Nc3ccc(F)cc3)nc2)cc1. The number of hydrogen-bond acceptors (Lipinski definition) is 4. The van der Waals surface area contributed by atoms with E-state index in [-0.39, 0.29) is 10.7 Å². The van der Waals surface area contributed by atoms with E-state index in [4.69, 9.17) is 0 Å². The zero-order valence-electron chi connectivity index (χ0n) is 14.1. The number of halogens is 1. The van der Waals surface area contributed by atoms with Crippen molar-refractivity contribution in [1.82, 2.24) is 4.98 Å². The zero-order chi connectivity index (χ0) is 18.6. The van der Waals surface area contributed by atoms with E-state index in [1.165, 1.54) is 18.3 Å². The molecule has 1 aromatic heterocycles. The summed E-state index contributed by atoms with van der Waals surface area (Å²) in [5.41, 5.74) is 2.11. The first-order valence-corrected chi connectivity index (χ1v) is 9.55. The van der Waals surface area contributed by atoms with E-state index < -0.39 is 10.0 Å². The Morgan fingerprint density at radius 1 is 0.923 bits per heavy atom. The highest BCUT2D eigenvalue weighted by atomic mass is 32.2. The Hall–Kier alpha value is -2.93. The second-order valence-corrected chi connectivity index (χ2v) is 7.35. The maximum Gasteiger partial charge on any atom is 0.261 e. The summed E-state index contributed by atoms with van der Waals surface area (Å²) in [6.07, 6.45) is 2.27. The van der Waals surface area contributed by atoms with Gasteiger partial charge in [-0.25, -0.2) is 17.8 Å². The molecule has 0 aliphatic carbocycles. The molecule has 7 heteroatoms. The van der Waals surface area contributed by atoms with Crippen molar-refractivity contribution < 1.29 is 12.8 Å². The van der Waals surface area contributed by atoms with Gasteiger partial charge in [0.25, 0.3) is 10.0 Å². The molecule has 0 spiro atoms. The molecule has 0 amide bonds. The van der Waals surface area contributed by atoms with Gasteiger partial charge in [-0.3, -0.25) is 4.72 Å².